The van der Waals surface area contributed by atoms with Crippen molar-refractivity contribution in [2.75, 3.05) is 6.54 Å². The van der Waals surface area contributed by atoms with E-state index in [0.29, 0.717) is 12.2 Å². The van der Waals surface area contributed by atoms with Crippen LogP contribution in [-0.2, 0) is 16.0 Å². The Morgan fingerprint density at radius 2 is 1.84 bits per heavy atom. The Morgan fingerprint density at radius 3 is 2.59 bits per heavy atom. The molecular weight excluding hydrogens is 411 g/mol. The molecule has 2 N–H and O–H groups in total. The highest BCUT2D eigenvalue weighted by atomic mass is 19.1. The molecule has 0 aliphatic carbocycles. The van der Waals surface area contributed by atoms with Crippen molar-refractivity contribution < 1.29 is 23.5 Å². The number of H-pyrrole nitrogens is 1. The fraction of sp³-hybridized carbons (Fsp3) is 0.120. The quantitative estimate of drug-likeness (QED) is 0.276. The summed E-state index contributed by atoms with van der Waals surface area (Å²) in [6.07, 6.45) is 3.85. The van der Waals surface area contributed by atoms with Gasteiger partial charge in [0.15, 0.2) is 0 Å². The van der Waals surface area contributed by atoms with E-state index in [2.05, 4.69) is 4.98 Å². The Bertz CT molecular complexity index is 1340. The maximum Gasteiger partial charge on any atom is 0.295 e. The number of furan rings is 1. The van der Waals surface area contributed by atoms with Gasteiger partial charge in [-0.1, -0.05) is 18.2 Å². The molecule has 1 saturated heterocycles. The molecule has 160 valence electrons. The minimum absolute atomic E-state index is 0.0736. The van der Waals surface area contributed by atoms with Gasteiger partial charge in [-0.15, -0.1) is 0 Å². The first kappa shape index (κ1) is 19.8. The predicted molar refractivity (Wildman–Crippen MR) is 116 cm³/mol. The third-order valence-corrected chi connectivity index (χ3v) is 5.77. The van der Waals surface area contributed by atoms with Crippen molar-refractivity contribution in [3.8, 4) is 0 Å². The van der Waals surface area contributed by atoms with E-state index >= 15 is 0 Å². The number of rotatable bonds is 5. The van der Waals surface area contributed by atoms with Crippen LogP contribution < -0.4 is 0 Å². The Labute approximate surface area is 182 Å². The van der Waals surface area contributed by atoms with Gasteiger partial charge in [-0.2, -0.15) is 0 Å². The zero-order valence-corrected chi connectivity index (χ0v) is 16.9. The first-order chi connectivity index (χ1) is 15.5. The molecule has 1 aliphatic heterocycles. The molecule has 0 spiro atoms. The van der Waals surface area contributed by atoms with E-state index in [4.69, 9.17) is 4.42 Å². The minimum Gasteiger partial charge on any atom is -0.507 e. The lowest BCUT2D eigenvalue weighted by atomic mass is 9.99. The fourth-order valence-corrected chi connectivity index (χ4v) is 4.20. The van der Waals surface area contributed by atoms with Crippen LogP contribution in [0, 0.1) is 5.82 Å². The number of aliphatic hydroxyl groups excluding tert-OH is 1. The number of fused-ring (bicyclic) bond motifs is 1. The number of carbonyl (C=O) groups is 2. The van der Waals surface area contributed by atoms with Crippen LogP contribution in [0.15, 0.2) is 83.1 Å². The van der Waals surface area contributed by atoms with Crippen LogP contribution in [0.25, 0.3) is 16.7 Å². The summed E-state index contributed by atoms with van der Waals surface area (Å²) < 4.78 is 18.9. The number of hydrogen-bond acceptors (Lipinski definition) is 4. The van der Waals surface area contributed by atoms with Crippen molar-refractivity contribution in [2.24, 2.45) is 0 Å². The summed E-state index contributed by atoms with van der Waals surface area (Å²) in [5, 5.41) is 11.9. The van der Waals surface area contributed by atoms with E-state index in [-0.39, 0.29) is 23.4 Å². The molecule has 1 fully saturated rings. The predicted octanol–water partition coefficient (Wildman–Crippen LogP) is 4.56. The molecule has 1 amide bonds. The van der Waals surface area contributed by atoms with Crippen LogP contribution >= 0.6 is 0 Å². The van der Waals surface area contributed by atoms with Crippen molar-refractivity contribution in [1.29, 1.82) is 0 Å². The third-order valence-electron chi connectivity index (χ3n) is 5.77. The number of benzene rings is 2. The molecule has 6 nitrogen and oxygen atoms in total. The average molecular weight is 430 g/mol. The number of amides is 1. The van der Waals surface area contributed by atoms with Gasteiger partial charge in [0, 0.05) is 29.2 Å². The molecule has 0 radical (unpaired) electrons. The van der Waals surface area contributed by atoms with Gasteiger partial charge in [0.05, 0.1) is 11.8 Å². The molecule has 3 heterocycles. The van der Waals surface area contributed by atoms with Crippen molar-refractivity contribution in [2.45, 2.75) is 12.5 Å². The molecule has 1 unspecified atom stereocenters. The lowest BCUT2D eigenvalue weighted by Gasteiger charge is -2.23. The summed E-state index contributed by atoms with van der Waals surface area (Å²) in [7, 11) is 0. The van der Waals surface area contributed by atoms with E-state index in [0.717, 1.165) is 16.5 Å². The number of aromatic nitrogens is 1. The van der Waals surface area contributed by atoms with Crippen LogP contribution in [0.4, 0.5) is 4.39 Å². The van der Waals surface area contributed by atoms with Crippen molar-refractivity contribution in [1.82, 2.24) is 9.88 Å². The van der Waals surface area contributed by atoms with Crippen LogP contribution in [-0.4, -0.2) is 33.2 Å². The molecule has 2 aromatic heterocycles. The SMILES string of the molecule is O=C1C(=O)N(CCc2c[nH]c3ccccc23)C(c2ccco2)/C1=C(\O)c1ccc(F)cc1. The highest BCUT2D eigenvalue weighted by Gasteiger charge is 2.47. The van der Waals surface area contributed by atoms with Gasteiger partial charge in [-0.05, 0) is 54.4 Å². The lowest BCUT2D eigenvalue weighted by molar-refractivity contribution is -0.140. The lowest BCUT2D eigenvalue weighted by Crippen LogP contribution is -2.31. The molecule has 1 atom stereocenters. The second-order valence-electron chi connectivity index (χ2n) is 7.62. The highest BCUT2D eigenvalue weighted by Crippen LogP contribution is 2.39. The molecule has 7 heteroatoms. The maximum atomic E-state index is 13.3. The molecule has 0 saturated carbocycles. The van der Waals surface area contributed by atoms with Crippen molar-refractivity contribution in [3.63, 3.8) is 0 Å². The number of aliphatic hydroxyl groups is 1. The van der Waals surface area contributed by atoms with Gasteiger partial charge < -0.3 is 19.4 Å². The van der Waals surface area contributed by atoms with Gasteiger partial charge in [0.1, 0.15) is 23.4 Å². The standard InChI is InChI=1S/C25H19FN2O4/c26-17-9-7-15(8-10-17)23(29)21-22(20-6-3-13-32-20)28(25(31)24(21)30)12-11-16-14-27-19-5-2-1-4-18(16)19/h1-10,13-14,22,27,29H,11-12H2/b23-21+. The van der Waals surface area contributed by atoms with Gasteiger partial charge in [0.2, 0.25) is 0 Å². The van der Waals surface area contributed by atoms with Crippen LogP contribution in [0.2, 0.25) is 0 Å². The zero-order chi connectivity index (χ0) is 22.2. The number of ketones is 1. The number of likely N-dealkylation sites (tertiary alicyclic amines) is 1. The molecule has 2 aromatic carbocycles. The number of hydrogen-bond donors (Lipinski definition) is 2. The summed E-state index contributed by atoms with van der Waals surface area (Å²) in [4.78, 5) is 30.5. The van der Waals surface area contributed by atoms with E-state index in [1.54, 1.807) is 12.1 Å². The van der Waals surface area contributed by atoms with E-state index in [1.165, 1.54) is 35.4 Å². The van der Waals surface area contributed by atoms with E-state index < -0.39 is 23.5 Å². The number of para-hydroxylation sites is 1. The summed E-state index contributed by atoms with van der Waals surface area (Å²) >= 11 is 0. The molecule has 5 rings (SSSR count). The third kappa shape index (κ3) is 3.28. The number of Topliss-reactive ketones (excluding diaryl/α,β-unsaturated/α-hetero) is 1. The number of nitrogens with one attached hydrogen (secondary N) is 1. The molecular formula is C25H19FN2O4. The van der Waals surface area contributed by atoms with Crippen LogP contribution in [0.3, 0.4) is 0 Å². The second kappa shape index (κ2) is 7.85. The number of halogens is 1. The van der Waals surface area contributed by atoms with Crippen molar-refractivity contribution in [3.05, 3.63) is 101 Å². The van der Waals surface area contributed by atoms with E-state index in [1.807, 2.05) is 30.5 Å². The zero-order valence-electron chi connectivity index (χ0n) is 16.9. The van der Waals surface area contributed by atoms with Gasteiger partial charge >= 0.3 is 0 Å². The minimum atomic E-state index is -0.875. The maximum absolute atomic E-state index is 13.3. The average Bonchev–Trinajstić information content (AvgIpc) is 3.52. The highest BCUT2D eigenvalue weighted by molar-refractivity contribution is 6.46. The molecule has 32 heavy (non-hydrogen) atoms. The summed E-state index contributed by atoms with van der Waals surface area (Å²) in [5.74, 6) is -1.98. The number of nitrogens with zero attached hydrogens (tertiary/aromatic N) is 1. The number of carbonyl (C=O) groups excluding carboxylic acids is 2. The van der Waals surface area contributed by atoms with Crippen LogP contribution in [0.5, 0.6) is 0 Å². The van der Waals surface area contributed by atoms with Gasteiger partial charge in [0.25, 0.3) is 11.7 Å². The normalized spacial score (nSPS) is 18.0. The first-order valence-corrected chi connectivity index (χ1v) is 10.2. The van der Waals surface area contributed by atoms with Crippen molar-refractivity contribution >= 4 is 28.4 Å². The molecule has 0 bridgehead atoms. The topological polar surface area (TPSA) is 86.5 Å². The Hall–Kier alpha value is -4.13. The largest absolute Gasteiger partial charge is 0.507 e. The summed E-state index contributed by atoms with van der Waals surface area (Å²) in [5.41, 5.74) is 2.18. The number of aromatic amines is 1. The monoisotopic (exact) mass is 430 g/mol. The molecule has 1 aliphatic rings. The molecule has 4 aromatic rings. The first-order valence-electron chi connectivity index (χ1n) is 10.2. The Morgan fingerprint density at radius 1 is 1.06 bits per heavy atom. The Balaban J connectivity index is 1.53. The summed E-state index contributed by atoms with van der Waals surface area (Å²) in [6.45, 7) is 0.248. The smallest absolute Gasteiger partial charge is 0.295 e. The fourth-order valence-electron chi connectivity index (χ4n) is 4.20. The summed E-state index contributed by atoms with van der Waals surface area (Å²) in [6, 6.07) is 15.4. The van der Waals surface area contributed by atoms with E-state index in [9.17, 15) is 19.1 Å². The van der Waals surface area contributed by atoms with Gasteiger partial charge in [-0.25, -0.2) is 4.39 Å². The van der Waals surface area contributed by atoms with Gasteiger partial charge in [-0.3, -0.25) is 9.59 Å². The van der Waals surface area contributed by atoms with Crippen LogP contribution in [0.1, 0.15) is 22.9 Å². The Kier molecular flexibility index (Phi) is 4.86. The second-order valence-corrected chi connectivity index (χ2v) is 7.62.